The van der Waals surface area contributed by atoms with Crippen molar-refractivity contribution in [2.75, 3.05) is 24.5 Å². The van der Waals surface area contributed by atoms with Crippen molar-refractivity contribution in [2.24, 2.45) is 0 Å². The molecule has 0 spiro atoms. The molecule has 2 fully saturated rings. The van der Waals surface area contributed by atoms with Crippen LogP contribution in [0.3, 0.4) is 0 Å². The van der Waals surface area contributed by atoms with Gasteiger partial charge >= 0.3 is 5.97 Å². The van der Waals surface area contributed by atoms with Gasteiger partial charge in [-0.25, -0.2) is 0 Å². The molecule has 0 aromatic heterocycles. The summed E-state index contributed by atoms with van der Waals surface area (Å²) in [4.78, 5) is 40.1. The van der Waals surface area contributed by atoms with E-state index in [1.807, 2.05) is 24.3 Å². The number of esters is 1. The molecule has 2 saturated heterocycles. The highest BCUT2D eigenvalue weighted by Gasteiger charge is 2.37. The molecule has 0 radical (unpaired) electrons. The van der Waals surface area contributed by atoms with E-state index < -0.39 is 22.7 Å². The Kier molecular flexibility index (Phi) is 5.60. The molecule has 0 bridgehead atoms. The molecule has 144 valence electrons. The van der Waals surface area contributed by atoms with Gasteiger partial charge in [-0.3, -0.25) is 19.3 Å². The summed E-state index contributed by atoms with van der Waals surface area (Å²) in [6, 6.07) is 7.94. The number of benzene rings is 1. The van der Waals surface area contributed by atoms with Gasteiger partial charge in [0.25, 0.3) is 11.1 Å². The molecule has 1 aromatic rings. The fourth-order valence-electron chi connectivity index (χ4n) is 3.05. The van der Waals surface area contributed by atoms with Crippen LogP contribution in [-0.2, 0) is 14.3 Å². The Labute approximate surface area is 163 Å². The minimum absolute atomic E-state index is 0.317. The monoisotopic (exact) mass is 388 g/mol. The fraction of sp³-hybridized carbons (Fsp3) is 0.450. The van der Waals surface area contributed by atoms with Crippen molar-refractivity contribution >= 4 is 40.6 Å². The molecule has 1 aromatic carbocycles. The second-order valence-electron chi connectivity index (χ2n) is 7.64. The summed E-state index contributed by atoms with van der Waals surface area (Å²) in [5.41, 5.74) is 1.36. The van der Waals surface area contributed by atoms with Crippen molar-refractivity contribution in [3.8, 4) is 0 Å². The lowest BCUT2D eigenvalue weighted by molar-refractivity contribution is -0.156. The molecule has 0 aliphatic carbocycles. The maximum atomic E-state index is 12.5. The molecular weight excluding hydrogens is 364 g/mol. The Morgan fingerprint density at radius 2 is 1.78 bits per heavy atom. The quantitative estimate of drug-likeness (QED) is 0.579. The molecule has 2 aliphatic rings. The summed E-state index contributed by atoms with van der Waals surface area (Å²) in [5, 5.41) is -0.453. The number of anilines is 1. The number of thioether (sulfide) groups is 1. The van der Waals surface area contributed by atoms with E-state index >= 15 is 0 Å². The van der Waals surface area contributed by atoms with Crippen molar-refractivity contribution in [2.45, 2.75) is 39.2 Å². The largest absolute Gasteiger partial charge is 0.459 e. The Morgan fingerprint density at radius 1 is 1.15 bits per heavy atom. The Bertz CT molecular complexity index is 774. The standard InChI is InChI=1S/C20H24N2O4S/c1-20(2,3)26-17(23)13-22-18(24)16(27-19(22)25)12-14-6-8-15(9-7-14)21-10-4-5-11-21/h6-9,12H,4-5,10-11,13H2,1-3H3/b16-12-. The van der Waals surface area contributed by atoms with Crippen LogP contribution in [0, 0.1) is 0 Å². The highest BCUT2D eigenvalue weighted by Crippen LogP contribution is 2.32. The van der Waals surface area contributed by atoms with Crippen molar-refractivity contribution in [3.05, 3.63) is 34.7 Å². The van der Waals surface area contributed by atoms with Gasteiger partial charge < -0.3 is 9.64 Å². The van der Waals surface area contributed by atoms with Crippen molar-refractivity contribution in [1.29, 1.82) is 0 Å². The van der Waals surface area contributed by atoms with E-state index in [9.17, 15) is 14.4 Å². The van der Waals surface area contributed by atoms with Gasteiger partial charge in [-0.1, -0.05) is 12.1 Å². The van der Waals surface area contributed by atoms with E-state index in [-0.39, 0.29) is 6.54 Å². The number of imide groups is 1. The summed E-state index contributed by atoms with van der Waals surface area (Å²) < 4.78 is 5.19. The van der Waals surface area contributed by atoms with Crippen LogP contribution in [0.5, 0.6) is 0 Å². The summed E-state index contributed by atoms with van der Waals surface area (Å²) in [5.74, 6) is -1.06. The van der Waals surface area contributed by atoms with E-state index in [1.165, 1.54) is 18.5 Å². The number of carbonyl (C=O) groups excluding carboxylic acids is 3. The zero-order chi connectivity index (χ0) is 19.6. The summed E-state index contributed by atoms with van der Waals surface area (Å²) in [6.07, 6.45) is 4.12. The van der Waals surface area contributed by atoms with Crippen LogP contribution in [0.2, 0.25) is 0 Å². The van der Waals surface area contributed by atoms with Gasteiger partial charge in [0, 0.05) is 18.8 Å². The third kappa shape index (κ3) is 4.91. The third-order valence-corrected chi connectivity index (χ3v) is 5.15. The molecule has 0 atom stereocenters. The smallest absolute Gasteiger partial charge is 0.326 e. The SMILES string of the molecule is CC(C)(C)OC(=O)CN1C(=O)S/C(=C\c2ccc(N3CCCC3)cc2)C1=O. The minimum atomic E-state index is -0.661. The number of hydrogen-bond acceptors (Lipinski definition) is 6. The van der Waals surface area contributed by atoms with Gasteiger partial charge in [-0.05, 0) is 69.1 Å². The summed E-state index contributed by atoms with van der Waals surface area (Å²) >= 11 is 0.846. The molecule has 2 amide bonds. The lowest BCUT2D eigenvalue weighted by Crippen LogP contribution is -2.37. The highest BCUT2D eigenvalue weighted by atomic mass is 32.2. The van der Waals surface area contributed by atoms with Gasteiger partial charge in [0.15, 0.2) is 0 Å². The molecule has 0 N–H and O–H groups in total. The van der Waals surface area contributed by atoms with Crippen molar-refractivity contribution < 1.29 is 19.1 Å². The Balaban J connectivity index is 1.67. The molecule has 0 saturated carbocycles. The fourth-order valence-corrected chi connectivity index (χ4v) is 3.89. The molecule has 6 nitrogen and oxygen atoms in total. The maximum Gasteiger partial charge on any atom is 0.326 e. The van der Waals surface area contributed by atoms with E-state index in [4.69, 9.17) is 4.74 Å². The molecule has 27 heavy (non-hydrogen) atoms. The highest BCUT2D eigenvalue weighted by molar-refractivity contribution is 8.18. The maximum absolute atomic E-state index is 12.5. The van der Waals surface area contributed by atoms with Crippen LogP contribution in [0.15, 0.2) is 29.2 Å². The summed E-state index contributed by atoms with van der Waals surface area (Å²) in [7, 11) is 0. The van der Waals surface area contributed by atoms with Crippen LogP contribution >= 0.6 is 11.8 Å². The molecule has 3 rings (SSSR count). The minimum Gasteiger partial charge on any atom is -0.459 e. The first-order chi connectivity index (χ1) is 12.7. The van der Waals surface area contributed by atoms with Crippen LogP contribution in [0.25, 0.3) is 6.08 Å². The first-order valence-electron chi connectivity index (χ1n) is 9.05. The Morgan fingerprint density at radius 3 is 2.37 bits per heavy atom. The number of amides is 2. The average molecular weight is 388 g/mol. The third-order valence-electron chi connectivity index (χ3n) is 4.24. The topological polar surface area (TPSA) is 66.9 Å². The van der Waals surface area contributed by atoms with Crippen LogP contribution in [0.1, 0.15) is 39.2 Å². The normalized spacial score (nSPS) is 19.3. The lowest BCUT2D eigenvalue weighted by Gasteiger charge is -2.21. The predicted octanol–water partition coefficient (Wildman–Crippen LogP) is 3.66. The van der Waals surface area contributed by atoms with Gasteiger partial charge in [0.05, 0.1) is 4.91 Å². The zero-order valence-corrected chi connectivity index (χ0v) is 16.7. The van der Waals surface area contributed by atoms with Gasteiger partial charge in [0.1, 0.15) is 12.1 Å². The Hall–Kier alpha value is -2.28. The predicted molar refractivity (Wildman–Crippen MR) is 106 cm³/mol. The number of rotatable bonds is 4. The number of ether oxygens (including phenoxy) is 1. The average Bonchev–Trinajstić information content (AvgIpc) is 3.19. The van der Waals surface area contributed by atoms with Crippen LogP contribution in [-0.4, -0.2) is 47.3 Å². The second kappa shape index (κ2) is 7.76. The molecule has 0 unspecified atom stereocenters. The van der Waals surface area contributed by atoms with Gasteiger partial charge in [-0.15, -0.1) is 0 Å². The van der Waals surface area contributed by atoms with E-state index in [2.05, 4.69) is 4.90 Å². The lowest BCUT2D eigenvalue weighted by atomic mass is 10.2. The van der Waals surface area contributed by atoms with Crippen LogP contribution < -0.4 is 4.90 Å². The number of hydrogen-bond donors (Lipinski definition) is 0. The number of carbonyl (C=O) groups is 3. The number of nitrogens with zero attached hydrogens (tertiary/aromatic N) is 2. The van der Waals surface area contributed by atoms with E-state index in [0.29, 0.717) is 4.91 Å². The van der Waals surface area contributed by atoms with Crippen molar-refractivity contribution in [1.82, 2.24) is 4.90 Å². The van der Waals surface area contributed by atoms with Crippen molar-refractivity contribution in [3.63, 3.8) is 0 Å². The molecule has 2 aliphatic heterocycles. The summed E-state index contributed by atoms with van der Waals surface area (Å²) in [6.45, 7) is 7.00. The van der Waals surface area contributed by atoms with E-state index in [1.54, 1.807) is 26.8 Å². The van der Waals surface area contributed by atoms with Gasteiger partial charge in [-0.2, -0.15) is 0 Å². The second-order valence-corrected chi connectivity index (χ2v) is 8.63. The van der Waals surface area contributed by atoms with Gasteiger partial charge in [0.2, 0.25) is 0 Å². The first-order valence-corrected chi connectivity index (χ1v) is 9.87. The molecular formula is C20H24N2O4S. The molecule has 7 heteroatoms. The van der Waals surface area contributed by atoms with Crippen LogP contribution in [0.4, 0.5) is 10.5 Å². The first kappa shape index (κ1) is 19.5. The van der Waals surface area contributed by atoms with E-state index in [0.717, 1.165) is 35.3 Å². The molecule has 2 heterocycles. The zero-order valence-electron chi connectivity index (χ0n) is 15.9.